The summed E-state index contributed by atoms with van der Waals surface area (Å²) in [4.78, 5) is 113. The lowest BCUT2D eigenvalue weighted by Gasteiger charge is -2.15. The molecule has 0 aliphatic heterocycles. The monoisotopic (exact) mass is 1890 g/mol. The fourth-order valence-electron chi connectivity index (χ4n) is 15.6. The molecular weight excluding hydrogens is 1780 g/mol. The number of carbonyl (C=O) groups is 8. The van der Waals surface area contributed by atoms with E-state index in [1.54, 1.807) is 79.1 Å². The Kier molecular flexibility index (Phi) is 35.7. The average Bonchev–Trinajstić information content (AvgIpc) is 1.55. The molecule has 0 amide bonds. The third kappa shape index (κ3) is 21.6. The lowest BCUT2D eigenvalue weighted by atomic mass is 9.90. The van der Waals surface area contributed by atoms with Gasteiger partial charge >= 0.3 is 0 Å². The number of hydrogen-bond acceptors (Lipinski definition) is 10. The second-order valence-electron chi connectivity index (χ2n) is 30.0. The summed E-state index contributed by atoms with van der Waals surface area (Å²) in [7, 11) is 0. The van der Waals surface area contributed by atoms with Crippen molar-refractivity contribution in [2.24, 2.45) is 0 Å². The molecule has 0 bridgehead atoms. The molecule has 10 aromatic carbocycles. The second-order valence-corrected chi connectivity index (χ2v) is 31.6. The van der Waals surface area contributed by atoms with E-state index in [4.69, 9.17) is 0 Å². The summed E-state index contributed by atoms with van der Waals surface area (Å²) >= 11 is 6.80. The minimum atomic E-state index is -0.193. The lowest BCUT2D eigenvalue weighted by molar-refractivity contribution is -0.698. The van der Waals surface area contributed by atoms with E-state index in [1.165, 1.54) is 79.9 Å². The summed E-state index contributed by atoms with van der Waals surface area (Å²) in [6.07, 6.45) is 23.3. The van der Waals surface area contributed by atoms with E-state index in [9.17, 15) is 38.4 Å². The highest BCUT2D eigenvalue weighted by Gasteiger charge is 2.43. The number of alkyl halides is 2. The number of rotatable bonds is 23. The largest absolute Gasteiger partial charge is 1.00 e. The number of unbranched alkanes of at least 4 members (excludes halogenated alkanes) is 8. The fourth-order valence-corrected chi connectivity index (χ4v) is 16.5. The van der Waals surface area contributed by atoms with Crippen LogP contribution in [0.4, 0.5) is 0 Å². The molecule has 16 nitrogen and oxygen atoms in total. The Morgan fingerprint density at radius 3 is 1.04 bits per heavy atom. The van der Waals surface area contributed by atoms with E-state index in [0.717, 1.165) is 102 Å². The van der Waals surface area contributed by atoms with Crippen LogP contribution in [0.5, 0.6) is 0 Å². The zero-order valence-electron chi connectivity index (χ0n) is 68.1. The molecule has 4 heterocycles. The molecule has 20 heteroatoms. The number of ketones is 8. The highest BCUT2D eigenvalue weighted by atomic mass is 79.9. The fraction of sp³-hybridized carbons (Fsp3) is 0.275. The average molecular weight is 1890 g/mol. The maximum atomic E-state index is 13.4. The molecule has 4 aromatic heterocycles. The van der Waals surface area contributed by atoms with Crippen molar-refractivity contribution < 1.29 is 81.5 Å². The normalized spacial score (nSPS) is 12.1. The van der Waals surface area contributed by atoms with Crippen LogP contribution in [0, 0.1) is 0 Å². The van der Waals surface area contributed by atoms with Crippen LogP contribution >= 0.6 is 31.9 Å². The topological polar surface area (TPSA) is 201 Å². The maximum Gasteiger partial charge on any atom is 0.244 e. The molecule has 0 radical (unpaired) electrons. The van der Waals surface area contributed by atoms with Crippen LogP contribution in [-0.2, 0) is 52.0 Å². The summed E-state index contributed by atoms with van der Waals surface area (Å²) < 4.78 is 9.81. The Hall–Kier alpha value is -10.9. The number of carbonyl (C=O) groups excluding carboxylic acids is 8. The number of H-pyrrole nitrogens is 1. The van der Waals surface area contributed by atoms with Crippen LogP contribution < -0.4 is 43.1 Å². The Morgan fingerprint density at radius 1 is 0.320 bits per heavy atom. The molecule has 0 atom stereocenters. The first-order valence-electron chi connectivity index (χ1n) is 41.3. The number of nitrogens with one attached hydrogen (secondary N) is 1. The van der Waals surface area contributed by atoms with Gasteiger partial charge in [0.05, 0.1) is 38.8 Å². The zero-order valence-corrected chi connectivity index (χ0v) is 74.5. The van der Waals surface area contributed by atoms with Crippen LogP contribution in [0.2, 0.25) is 0 Å². The molecule has 18 rings (SSSR count). The Morgan fingerprint density at radius 2 is 0.656 bits per heavy atom. The number of aryl methyl sites for hydroxylation is 8. The van der Waals surface area contributed by atoms with Crippen LogP contribution in [0.25, 0.3) is 32.3 Å². The summed E-state index contributed by atoms with van der Waals surface area (Å²) in [6.45, 7) is 12.2. The molecule has 0 unspecified atom stereocenters. The van der Waals surface area contributed by atoms with E-state index in [-0.39, 0.29) is 101 Å². The van der Waals surface area contributed by atoms with Gasteiger partial charge in [-0.1, -0.05) is 337 Å². The van der Waals surface area contributed by atoms with E-state index >= 15 is 0 Å². The van der Waals surface area contributed by atoms with Gasteiger partial charge < -0.3 is 43.5 Å². The van der Waals surface area contributed by atoms with Crippen molar-refractivity contribution in [1.82, 2.24) is 28.7 Å². The first kappa shape index (κ1) is 94.9. The molecule has 4 aliphatic rings. The number of nitrogens with zero attached hydrogens (tertiary/aromatic N) is 7. The molecule has 0 spiro atoms. The standard InChI is InChI=1S/2C28H27N2O2.C16H16N2O2.C12H11Br.C11H6N2O2.C5H11Br.2CH4.2BrH/c2*1-2-3-8-16-29-19-30(17-15-20-13-14-21-9-4-5-10-22(21)18-20)26-25(29)27(31)23-11-6-7-12-24(23)28(26)32;1-2-3-6-9-18-10-17-13-14(18)16(20)12-8-5-4-7-11(12)15(13)19;13-8-7-10-5-6-11-3-1-2-4-12(11)9-10;14-10-6-3-1-2-4-7(6)11(15)9-8(10)12-5-13-9;1-2-3-4-5-6;;;;/h2*4-7,9-14,18-19H,2-3,8,15-17H2,1H3;4-5,7-8,10H,2-3,6,9H2,1H3;1-6,9H,7-8H2;1-5H,(H,12,13);2-5H2,1H3;2*1H4;2*1H/q2*+1;;;;;;;;/p-2. The molecule has 630 valence electrons. The minimum Gasteiger partial charge on any atom is -1.00 e. The Balaban J connectivity index is 0.000000175. The Labute approximate surface area is 753 Å². The maximum absolute atomic E-state index is 13.4. The Bertz CT molecular complexity index is 5790. The molecule has 4 aliphatic carbocycles. The number of imidazole rings is 4. The second kappa shape index (κ2) is 45.8. The van der Waals surface area contributed by atoms with E-state index in [2.05, 4.69) is 190 Å². The molecule has 0 fully saturated rings. The number of fused-ring (bicyclic) bond motifs is 11. The predicted octanol–water partition coefficient (Wildman–Crippen LogP) is 15.9. The van der Waals surface area contributed by atoms with E-state index in [0.29, 0.717) is 97.5 Å². The molecule has 14 aromatic rings. The van der Waals surface area contributed by atoms with Gasteiger partial charge in [-0.05, 0) is 94.0 Å². The van der Waals surface area contributed by atoms with Gasteiger partial charge in [-0.15, -0.1) is 0 Å². The van der Waals surface area contributed by atoms with Crippen LogP contribution in [0.15, 0.2) is 250 Å². The third-order valence-corrected chi connectivity index (χ3v) is 22.8. The van der Waals surface area contributed by atoms with Crippen molar-refractivity contribution in [3.63, 3.8) is 0 Å². The van der Waals surface area contributed by atoms with Crippen LogP contribution in [0.3, 0.4) is 0 Å². The summed E-state index contributed by atoms with van der Waals surface area (Å²) in [5, 5.41) is 9.73. The lowest BCUT2D eigenvalue weighted by Crippen LogP contribution is -3.00. The zero-order chi connectivity index (χ0) is 82.6. The highest BCUT2D eigenvalue weighted by Crippen LogP contribution is 2.32. The van der Waals surface area contributed by atoms with Gasteiger partial charge in [0.2, 0.25) is 81.7 Å². The molecule has 122 heavy (non-hydrogen) atoms. The molecular formula is C102H106Br4N8O8. The highest BCUT2D eigenvalue weighted by molar-refractivity contribution is 9.09. The summed E-state index contributed by atoms with van der Waals surface area (Å²) in [5.41, 5.74) is 11.1. The number of benzene rings is 10. The summed E-state index contributed by atoms with van der Waals surface area (Å²) in [6, 6.07) is 72.9. The number of aromatic nitrogens is 8. The van der Waals surface area contributed by atoms with Gasteiger partial charge in [0.15, 0.2) is 0 Å². The van der Waals surface area contributed by atoms with Crippen LogP contribution in [0.1, 0.15) is 265 Å². The van der Waals surface area contributed by atoms with Gasteiger partial charge in [-0.2, -0.15) is 0 Å². The minimum absolute atomic E-state index is 0. The van der Waals surface area contributed by atoms with Crippen molar-refractivity contribution in [2.45, 2.75) is 172 Å². The number of aromatic amines is 1. The molecule has 0 saturated heterocycles. The van der Waals surface area contributed by atoms with Gasteiger partial charge in [-0.25, -0.2) is 28.2 Å². The van der Waals surface area contributed by atoms with Crippen molar-refractivity contribution in [3.05, 3.63) is 357 Å². The van der Waals surface area contributed by atoms with E-state index in [1.807, 2.05) is 71.9 Å². The van der Waals surface area contributed by atoms with Gasteiger partial charge in [0.1, 0.15) is 22.8 Å². The van der Waals surface area contributed by atoms with Crippen molar-refractivity contribution in [1.29, 1.82) is 0 Å². The first-order valence-corrected chi connectivity index (χ1v) is 43.5. The smallest absolute Gasteiger partial charge is 0.244 e. The third-order valence-electron chi connectivity index (χ3n) is 21.9. The predicted molar refractivity (Wildman–Crippen MR) is 485 cm³/mol. The van der Waals surface area contributed by atoms with E-state index < -0.39 is 0 Å². The van der Waals surface area contributed by atoms with Crippen molar-refractivity contribution >= 4 is 110 Å². The molecule has 1 N–H and O–H groups in total. The van der Waals surface area contributed by atoms with Gasteiger partial charge in [-0.3, -0.25) is 38.4 Å². The van der Waals surface area contributed by atoms with Crippen molar-refractivity contribution in [3.8, 4) is 0 Å². The summed E-state index contributed by atoms with van der Waals surface area (Å²) in [5.74, 6) is -0.800. The number of halogens is 4. The van der Waals surface area contributed by atoms with Crippen LogP contribution in [-0.4, -0.2) is 85.6 Å². The quantitative estimate of drug-likeness (QED) is 0.0365. The SMILES string of the molecule is BrCCc1ccc2ccccc2c1.C.C.CCCCCBr.CCCCC[n+]1cn(CCc2ccc3ccccc3c2)c2c1C(=O)c1ccccc1C2=O.CCCCC[n+]1cn(CCc2ccc3ccccc3c2)c2c1C(=O)c1ccccc1C2=O.CCCCCn1cnc2c1C(=O)c1ccccc1C2=O.O=C1c2ccccc2C(=O)c2[nH]cnc21.[Br-].[Br-]. The molecule has 0 saturated carbocycles. The first-order chi connectivity index (χ1) is 57.7. The number of hydrogen-bond donors (Lipinski definition) is 1. The van der Waals surface area contributed by atoms with Crippen molar-refractivity contribution in [2.75, 3.05) is 10.7 Å². The van der Waals surface area contributed by atoms with Gasteiger partial charge in [0, 0.05) is 74.6 Å². The van der Waals surface area contributed by atoms with Gasteiger partial charge in [0.25, 0.3) is 0 Å².